The van der Waals surface area contributed by atoms with Gasteiger partial charge in [-0.3, -0.25) is 9.69 Å². The van der Waals surface area contributed by atoms with Crippen LogP contribution in [0.3, 0.4) is 0 Å². The normalized spacial score (nSPS) is 20.2. The first-order chi connectivity index (χ1) is 12.3. The Labute approximate surface area is 166 Å². The van der Waals surface area contributed by atoms with E-state index in [1.807, 2.05) is 0 Å². The van der Waals surface area contributed by atoms with Gasteiger partial charge in [-0.2, -0.15) is 0 Å². The lowest BCUT2D eigenvalue weighted by Crippen LogP contribution is -2.46. The molecule has 26 heavy (non-hydrogen) atoms. The minimum Gasteiger partial charge on any atom is -0.459 e. The van der Waals surface area contributed by atoms with Crippen molar-refractivity contribution in [2.45, 2.75) is 39.3 Å². The molecule has 1 atom stereocenters. The lowest BCUT2D eigenvalue weighted by Gasteiger charge is -2.39. The van der Waals surface area contributed by atoms with Gasteiger partial charge < -0.3 is 4.74 Å². The van der Waals surface area contributed by atoms with Crippen LogP contribution >= 0.6 is 35.0 Å². The Morgan fingerprint density at radius 2 is 2.12 bits per heavy atom. The number of amidine groups is 1. The zero-order valence-electron chi connectivity index (χ0n) is 14.6. The van der Waals surface area contributed by atoms with Crippen molar-refractivity contribution in [2.24, 2.45) is 4.99 Å². The maximum atomic E-state index is 12.8. The van der Waals surface area contributed by atoms with Gasteiger partial charge in [0, 0.05) is 22.2 Å². The van der Waals surface area contributed by atoms with Gasteiger partial charge in [-0.1, -0.05) is 41.0 Å². The largest absolute Gasteiger partial charge is 0.459 e. The molecule has 0 unspecified atom stereocenters. The maximum Gasteiger partial charge on any atom is 0.338 e. The van der Waals surface area contributed by atoms with Crippen LogP contribution in [0.5, 0.6) is 0 Å². The summed E-state index contributed by atoms with van der Waals surface area (Å²) in [5.41, 5.74) is 1.47. The van der Waals surface area contributed by atoms with E-state index in [0.29, 0.717) is 44.2 Å². The second kappa shape index (κ2) is 7.62. The number of hydrogen-bond acceptors (Lipinski definition) is 5. The third-order valence-electron chi connectivity index (χ3n) is 4.03. The molecule has 1 fully saturated rings. The van der Waals surface area contributed by atoms with E-state index < -0.39 is 12.0 Å². The van der Waals surface area contributed by atoms with Crippen LogP contribution < -0.4 is 0 Å². The minimum atomic E-state index is -0.682. The van der Waals surface area contributed by atoms with Crippen molar-refractivity contribution in [3.8, 4) is 0 Å². The summed E-state index contributed by atoms with van der Waals surface area (Å²) in [4.78, 5) is 31.5. The summed E-state index contributed by atoms with van der Waals surface area (Å²) in [6.07, 6.45) is 0.0812. The number of aliphatic imine (C=N–C) groups is 1. The molecule has 2 aliphatic rings. The first kappa shape index (κ1) is 19.3. The number of carbonyl (C=O) groups excluding carboxylic acids is 2. The van der Waals surface area contributed by atoms with Crippen molar-refractivity contribution in [1.29, 1.82) is 0 Å². The fourth-order valence-electron chi connectivity index (χ4n) is 2.95. The number of halogens is 2. The van der Waals surface area contributed by atoms with Crippen LogP contribution in [-0.4, -0.2) is 33.8 Å². The number of amides is 1. The van der Waals surface area contributed by atoms with Crippen molar-refractivity contribution >= 4 is 52.0 Å². The van der Waals surface area contributed by atoms with E-state index in [4.69, 9.17) is 27.9 Å². The molecule has 0 radical (unpaired) electrons. The molecule has 1 aromatic carbocycles. The summed E-state index contributed by atoms with van der Waals surface area (Å²) in [6.45, 7) is 5.30. The first-order valence-electron chi connectivity index (χ1n) is 8.20. The molecule has 1 amide bonds. The van der Waals surface area contributed by atoms with Crippen LogP contribution in [0.1, 0.15) is 38.8 Å². The first-order valence-corrected chi connectivity index (χ1v) is 9.94. The Bertz CT molecular complexity index is 836. The summed E-state index contributed by atoms with van der Waals surface area (Å²) in [7, 11) is 0. The minimum absolute atomic E-state index is 0.0964. The molecule has 0 N–H and O–H groups in total. The molecule has 8 heteroatoms. The van der Waals surface area contributed by atoms with Gasteiger partial charge >= 0.3 is 5.97 Å². The Kier molecular flexibility index (Phi) is 5.65. The van der Waals surface area contributed by atoms with E-state index in [-0.39, 0.29) is 12.0 Å². The molecule has 0 bridgehead atoms. The van der Waals surface area contributed by atoms with Crippen molar-refractivity contribution in [3.05, 3.63) is 45.1 Å². The molecule has 1 aromatic rings. The second-order valence-electron chi connectivity index (χ2n) is 6.28. The Balaban J connectivity index is 2.18. The fraction of sp³-hybridized carbons (Fsp3) is 0.389. The highest BCUT2D eigenvalue weighted by atomic mass is 35.5. The van der Waals surface area contributed by atoms with Crippen LogP contribution in [0.25, 0.3) is 0 Å². The van der Waals surface area contributed by atoms with Crippen LogP contribution in [0.4, 0.5) is 0 Å². The van der Waals surface area contributed by atoms with Gasteiger partial charge in [0.25, 0.3) is 0 Å². The highest BCUT2D eigenvalue weighted by Gasteiger charge is 2.42. The second-order valence-corrected chi connectivity index (χ2v) is 8.18. The van der Waals surface area contributed by atoms with Gasteiger partial charge in [-0.15, -0.1) is 0 Å². The standard InChI is InChI=1S/C18H18Cl2N2O3S/c1-9(2)25-17(24)15-10(3)21-18-22(14(23)6-7-26-18)16(15)12-5-4-11(19)8-13(12)20/h4-5,8-9,16H,6-7H2,1-3H3/t16-/m0/s1. The summed E-state index contributed by atoms with van der Waals surface area (Å²) in [5.74, 6) is 0.0643. The number of fused-ring (bicyclic) bond motifs is 1. The Morgan fingerprint density at radius 1 is 1.38 bits per heavy atom. The van der Waals surface area contributed by atoms with E-state index >= 15 is 0 Å². The summed E-state index contributed by atoms with van der Waals surface area (Å²) in [5, 5.41) is 1.44. The smallest absolute Gasteiger partial charge is 0.338 e. The molecular formula is C18H18Cl2N2O3S. The number of allylic oxidation sites excluding steroid dienone is 1. The number of ether oxygens (including phenoxy) is 1. The van der Waals surface area contributed by atoms with Crippen molar-refractivity contribution < 1.29 is 14.3 Å². The van der Waals surface area contributed by atoms with Crippen LogP contribution in [0.15, 0.2) is 34.5 Å². The molecule has 138 valence electrons. The predicted molar refractivity (Wildman–Crippen MR) is 104 cm³/mol. The number of rotatable bonds is 3. The zero-order chi connectivity index (χ0) is 19.0. The summed E-state index contributed by atoms with van der Waals surface area (Å²) in [6, 6.07) is 4.35. The van der Waals surface area contributed by atoms with Gasteiger partial charge in [0.15, 0.2) is 5.17 Å². The predicted octanol–water partition coefficient (Wildman–Crippen LogP) is 4.60. The van der Waals surface area contributed by atoms with Gasteiger partial charge in [0.05, 0.1) is 23.4 Å². The SMILES string of the molecule is CC1=C(C(=O)OC(C)C)[C@H](c2ccc(Cl)cc2Cl)N2C(=O)CCSC2=N1. The molecule has 0 spiro atoms. The average Bonchev–Trinajstić information content (AvgIpc) is 2.53. The quantitative estimate of drug-likeness (QED) is 0.680. The zero-order valence-corrected chi connectivity index (χ0v) is 16.9. The van der Waals surface area contributed by atoms with Crippen molar-refractivity contribution in [2.75, 3.05) is 5.75 Å². The topological polar surface area (TPSA) is 59.0 Å². The molecule has 2 heterocycles. The maximum absolute atomic E-state index is 12.8. The van der Waals surface area contributed by atoms with Gasteiger partial charge in [-0.25, -0.2) is 9.79 Å². The molecule has 0 aliphatic carbocycles. The summed E-state index contributed by atoms with van der Waals surface area (Å²) >= 11 is 13.9. The van der Waals surface area contributed by atoms with Crippen molar-refractivity contribution in [1.82, 2.24) is 4.90 Å². The lowest BCUT2D eigenvalue weighted by molar-refractivity contribution is -0.143. The molecular weight excluding hydrogens is 395 g/mol. The van der Waals surface area contributed by atoms with E-state index in [1.165, 1.54) is 11.8 Å². The highest BCUT2D eigenvalue weighted by Crippen LogP contribution is 2.43. The number of benzene rings is 1. The van der Waals surface area contributed by atoms with Crippen LogP contribution in [0, 0.1) is 0 Å². The number of thioether (sulfide) groups is 1. The molecule has 2 aliphatic heterocycles. The molecule has 5 nitrogen and oxygen atoms in total. The molecule has 0 aromatic heterocycles. The van der Waals surface area contributed by atoms with Gasteiger partial charge in [0.2, 0.25) is 5.91 Å². The number of esters is 1. The van der Waals surface area contributed by atoms with Crippen molar-refractivity contribution in [3.63, 3.8) is 0 Å². The van der Waals surface area contributed by atoms with E-state index in [2.05, 4.69) is 4.99 Å². The lowest BCUT2D eigenvalue weighted by atomic mass is 9.94. The van der Waals surface area contributed by atoms with E-state index in [0.717, 1.165) is 0 Å². The number of nitrogens with zero attached hydrogens (tertiary/aromatic N) is 2. The molecule has 3 rings (SSSR count). The van der Waals surface area contributed by atoms with Gasteiger partial charge in [-0.05, 0) is 38.5 Å². The molecule has 1 saturated heterocycles. The monoisotopic (exact) mass is 412 g/mol. The highest BCUT2D eigenvalue weighted by molar-refractivity contribution is 8.14. The third kappa shape index (κ3) is 3.63. The van der Waals surface area contributed by atoms with Crippen LogP contribution in [0.2, 0.25) is 10.0 Å². The number of carbonyl (C=O) groups is 2. The fourth-order valence-corrected chi connectivity index (χ4v) is 4.47. The third-order valence-corrected chi connectivity index (χ3v) is 5.54. The average molecular weight is 413 g/mol. The van der Waals surface area contributed by atoms with E-state index in [9.17, 15) is 9.59 Å². The van der Waals surface area contributed by atoms with E-state index in [1.54, 1.807) is 43.9 Å². The Morgan fingerprint density at radius 3 is 2.77 bits per heavy atom. The number of hydrogen-bond donors (Lipinski definition) is 0. The van der Waals surface area contributed by atoms with Crippen LogP contribution in [-0.2, 0) is 14.3 Å². The van der Waals surface area contributed by atoms with Gasteiger partial charge in [0.1, 0.15) is 0 Å². The summed E-state index contributed by atoms with van der Waals surface area (Å²) < 4.78 is 5.41. The molecule has 0 saturated carbocycles. The Hall–Kier alpha value is -1.50.